The monoisotopic (exact) mass is 322 g/mol. The summed E-state index contributed by atoms with van der Waals surface area (Å²) in [5.74, 6) is 0. The minimum absolute atomic E-state index is 0.638. The van der Waals surface area contributed by atoms with Gasteiger partial charge in [-0.3, -0.25) is 0 Å². The lowest BCUT2D eigenvalue weighted by atomic mass is 9.71. The van der Waals surface area contributed by atoms with E-state index in [1.165, 1.54) is 67.6 Å². The van der Waals surface area contributed by atoms with E-state index in [-0.39, 0.29) is 0 Å². The van der Waals surface area contributed by atoms with E-state index in [4.69, 9.17) is 0 Å². The molecular formula is C16H23BrN2. The number of anilines is 1. The van der Waals surface area contributed by atoms with E-state index < -0.39 is 0 Å². The summed E-state index contributed by atoms with van der Waals surface area (Å²) in [6.45, 7) is 7.00. The summed E-state index contributed by atoms with van der Waals surface area (Å²) >= 11 is 3.72. The first-order valence-corrected chi connectivity index (χ1v) is 8.20. The van der Waals surface area contributed by atoms with Gasteiger partial charge in [-0.2, -0.15) is 0 Å². The Bertz CT molecular complexity index is 442. The van der Waals surface area contributed by atoms with Gasteiger partial charge in [-0.25, -0.2) is 0 Å². The van der Waals surface area contributed by atoms with Crippen molar-refractivity contribution >= 4 is 21.6 Å². The number of hydrogen-bond donors (Lipinski definition) is 1. The molecule has 0 saturated carbocycles. The predicted octanol–water partition coefficient (Wildman–Crippen LogP) is 3.73. The number of benzene rings is 1. The van der Waals surface area contributed by atoms with Gasteiger partial charge in [0.1, 0.15) is 0 Å². The van der Waals surface area contributed by atoms with Crippen molar-refractivity contribution in [1.82, 2.24) is 5.32 Å². The van der Waals surface area contributed by atoms with Gasteiger partial charge in [0.2, 0.25) is 0 Å². The quantitative estimate of drug-likeness (QED) is 0.847. The minimum atomic E-state index is 0.638. The van der Waals surface area contributed by atoms with Gasteiger partial charge in [-0.05, 0) is 84.7 Å². The molecule has 3 rings (SSSR count). The second kappa shape index (κ2) is 5.45. The normalized spacial score (nSPS) is 22.7. The Morgan fingerprint density at radius 3 is 2.42 bits per heavy atom. The molecule has 1 aromatic carbocycles. The Hall–Kier alpha value is -0.540. The molecule has 0 atom stereocenters. The third kappa shape index (κ3) is 2.82. The van der Waals surface area contributed by atoms with Crippen LogP contribution < -0.4 is 10.2 Å². The van der Waals surface area contributed by atoms with E-state index in [1.807, 2.05) is 0 Å². The molecule has 0 aromatic heterocycles. The molecule has 2 nitrogen and oxygen atoms in total. The van der Waals surface area contributed by atoms with Gasteiger partial charge in [-0.1, -0.05) is 6.07 Å². The largest absolute Gasteiger partial charge is 0.371 e. The Labute approximate surface area is 124 Å². The molecule has 3 heteroatoms. The van der Waals surface area contributed by atoms with Crippen LogP contribution in [0.2, 0.25) is 0 Å². The van der Waals surface area contributed by atoms with Crippen molar-refractivity contribution in [3.63, 3.8) is 0 Å². The van der Waals surface area contributed by atoms with Crippen LogP contribution in [-0.2, 0) is 0 Å². The molecule has 2 saturated heterocycles. The molecule has 104 valence electrons. The van der Waals surface area contributed by atoms with E-state index >= 15 is 0 Å². The van der Waals surface area contributed by atoms with Crippen molar-refractivity contribution in [3.05, 3.63) is 28.2 Å². The third-order valence-electron chi connectivity index (χ3n) is 4.93. The lowest BCUT2D eigenvalue weighted by Crippen LogP contribution is -2.45. The first-order valence-electron chi connectivity index (χ1n) is 7.40. The maximum atomic E-state index is 3.72. The van der Waals surface area contributed by atoms with Crippen molar-refractivity contribution in [2.45, 2.75) is 32.6 Å². The van der Waals surface area contributed by atoms with E-state index in [1.54, 1.807) is 0 Å². The molecule has 0 radical (unpaired) electrons. The average molecular weight is 323 g/mol. The topological polar surface area (TPSA) is 15.3 Å². The number of piperidine rings is 2. The van der Waals surface area contributed by atoms with Gasteiger partial charge in [0.25, 0.3) is 0 Å². The zero-order valence-corrected chi connectivity index (χ0v) is 13.3. The predicted molar refractivity (Wildman–Crippen MR) is 84.9 cm³/mol. The van der Waals surface area contributed by atoms with Crippen LogP contribution in [0.4, 0.5) is 5.69 Å². The van der Waals surface area contributed by atoms with Gasteiger partial charge >= 0.3 is 0 Å². The second-order valence-corrected chi connectivity index (χ2v) is 7.05. The molecular weight excluding hydrogens is 300 g/mol. The molecule has 2 fully saturated rings. The first-order chi connectivity index (χ1) is 9.19. The van der Waals surface area contributed by atoms with Gasteiger partial charge in [-0.15, -0.1) is 0 Å². The van der Waals surface area contributed by atoms with Gasteiger partial charge in [0.15, 0.2) is 0 Å². The fourth-order valence-corrected chi connectivity index (χ4v) is 4.29. The maximum absolute atomic E-state index is 3.72. The second-order valence-electron chi connectivity index (χ2n) is 6.19. The molecule has 0 unspecified atom stereocenters. The van der Waals surface area contributed by atoms with Crippen LogP contribution in [0, 0.1) is 12.3 Å². The van der Waals surface area contributed by atoms with Crippen molar-refractivity contribution in [3.8, 4) is 0 Å². The van der Waals surface area contributed by atoms with E-state index in [0.717, 1.165) is 0 Å². The smallest absolute Gasteiger partial charge is 0.0510 e. The van der Waals surface area contributed by atoms with Gasteiger partial charge in [0, 0.05) is 17.6 Å². The summed E-state index contributed by atoms with van der Waals surface area (Å²) in [6.07, 6.45) is 5.45. The highest BCUT2D eigenvalue weighted by molar-refractivity contribution is 9.10. The molecule has 2 aliphatic rings. The Morgan fingerprint density at radius 1 is 1.11 bits per heavy atom. The van der Waals surface area contributed by atoms with E-state index in [0.29, 0.717) is 5.41 Å². The van der Waals surface area contributed by atoms with Crippen LogP contribution in [0.25, 0.3) is 0 Å². The summed E-state index contributed by atoms with van der Waals surface area (Å²) in [7, 11) is 0. The summed E-state index contributed by atoms with van der Waals surface area (Å²) in [5.41, 5.74) is 3.33. The summed E-state index contributed by atoms with van der Waals surface area (Å²) in [4.78, 5) is 2.55. The third-order valence-corrected chi connectivity index (χ3v) is 5.57. The summed E-state index contributed by atoms with van der Waals surface area (Å²) < 4.78 is 1.24. The van der Waals surface area contributed by atoms with Crippen molar-refractivity contribution in [1.29, 1.82) is 0 Å². The van der Waals surface area contributed by atoms with E-state index in [2.05, 4.69) is 51.3 Å². The van der Waals surface area contributed by atoms with Crippen molar-refractivity contribution in [2.24, 2.45) is 5.41 Å². The SMILES string of the molecule is Cc1ccc(N2CCC3(CCNCC3)CC2)c(Br)c1. The highest BCUT2D eigenvalue weighted by Gasteiger charge is 2.35. The van der Waals surface area contributed by atoms with Crippen LogP contribution in [0.3, 0.4) is 0 Å². The van der Waals surface area contributed by atoms with Gasteiger partial charge in [0.05, 0.1) is 5.69 Å². The van der Waals surface area contributed by atoms with E-state index in [9.17, 15) is 0 Å². The highest BCUT2D eigenvalue weighted by atomic mass is 79.9. The van der Waals surface area contributed by atoms with Crippen LogP contribution >= 0.6 is 15.9 Å². The van der Waals surface area contributed by atoms with Crippen LogP contribution in [0.15, 0.2) is 22.7 Å². The number of hydrogen-bond acceptors (Lipinski definition) is 2. The zero-order chi connectivity index (χ0) is 13.3. The van der Waals surface area contributed by atoms with Gasteiger partial charge < -0.3 is 10.2 Å². The maximum Gasteiger partial charge on any atom is 0.0510 e. The average Bonchev–Trinajstić information content (AvgIpc) is 2.41. The Balaban J connectivity index is 1.69. The fourth-order valence-electron chi connectivity index (χ4n) is 3.55. The van der Waals surface area contributed by atoms with Crippen molar-refractivity contribution < 1.29 is 0 Å². The molecule has 2 heterocycles. The molecule has 1 spiro atoms. The number of halogens is 1. The molecule has 1 aromatic rings. The molecule has 2 aliphatic heterocycles. The standard InChI is InChI=1S/C16H23BrN2/c1-13-2-3-15(14(17)12-13)19-10-6-16(7-11-19)4-8-18-9-5-16/h2-3,12,18H,4-11H2,1H3. The first kappa shape index (κ1) is 13.4. The lowest BCUT2D eigenvalue weighted by molar-refractivity contribution is 0.155. The molecule has 0 bridgehead atoms. The highest BCUT2D eigenvalue weighted by Crippen LogP contribution is 2.41. The number of nitrogens with one attached hydrogen (secondary N) is 1. The van der Waals surface area contributed by atoms with Crippen LogP contribution in [-0.4, -0.2) is 26.2 Å². The summed E-state index contributed by atoms with van der Waals surface area (Å²) in [5, 5.41) is 3.49. The number of rotatable bonds is 1. The number of aryl methyl sites for hydroxylation is 1. The molecule has 19 heavy (non-hydrogen) atoms. The Morgan fingerprint density at radius 2 is 1.79 bits per heavy atom. The number of nitrogens with zero attached hydrogens (tertiary/aromatic N) is 1. The molecule has 0 aliphatic carbocycles. The van der Waals surface area contributed by atoms with Crippen LogP contribution in [0.1, 0.15) is 31.2 Å². The summed E-state index contributed by atoms with van der Waals surface area (Å²) in [6, 6.07) is 6.71. The van der Waals surface area contributed by atoms with Crippen molar-refractivity contribution in [2.75, 3.05) is 31.1 Å². The molecule has 1 N–H and O–H groups in total. The van der Waals surface area contributed by atoms with Crippen LogP contribution in [0.5, 0.6) is 0 Å². The minimum Gasteiger partial charge on any atom is -0.371 e. The Kier molecular flexibility index (Phi) is 3.86. The zero-order valence-electron chi connectivity index (χ0n) is 11.7. The fraction of sp³-hybridized carbons (Fsp3) is 0.625. The molecule has 0 amide bonds. The lowest BCUT2D eigenvalue weighted by Gasteiger charge is -2.45.